The maximum atomic E-state index is 4.41. The zero-order valence-corrected chi connectivity index (χ0v) is 13.0. The molecule has 0 aliphatic heterocycles. The quantitative estimate of drug-likeness (QED) is 0.674. The minimum absolute atomic E-state index is 0.172. The lowest BCUT2D eigenvalue weighted by atomic mass is 9.67. The summed E-state index contributed by atoms with van der Waals surface area (Å²) in [6, 6.07) is 11.0. The predicted octanol–water partition coefficient (Wildman–Crippen LogP) is 5.18. The molecule has 0 unspecified atom stereocenters. The Morgan fingerprint density at radius 3 is 2.45 bits per heavy atom. The summed E-state index contributed by atoms with van der Waals surface area (Å²) in [7, 11) is 0. The number of unbranched alkanes of at least 4 members (excludes halogenated alkanes) is 2. The average molecular weight is 271 g/mol. The van der Waals surface area contributed by atoms with E-state index in [1.54, 1.807) is 0 Å². The van der Waals surface area contributed by atoms with Gasteiger partial charge in [0.25, 0.3) is 0 Å². The monoisotopic (exact) mass is 271 g/mol. The highest BCUT2D eigenvalue weighted by Crippen LogP contribution is 2.43. The normalized spacial score (nSPS) is 17.6. The highest BCUT2D eigenvalue weighted by atomic mass is 14.9. The lowest BCUT2D eigenvalue weighted by Gasteiger charge is -2.40. The van der Waals surface area contributed by atoms with Gasteiger partial charge in [0.2, 0.25) is 0 Å². The van der Waals surface area contributed by atoms with Gasteiger partial charge in [0.05, 0.1) is 0 Å². The molecule has 0 amide bonds. The van der Waals surface area contributed by atoms with Crippen LogP contribution in [-0.4, -0.2) is 6.54 Å². The number of allylic oxidation sites excluding steroid dienone is 1. The van der Waals surface area contributed by atoms with Gasteiger partial charge in [-0.15, -0.1) is 0 Å². The van der Waals surface area contributed by atoms with Crippen LogP contribution in [0, 0.1) is 0 Å². The van der Waals surface area contributed by atoms with Gasteiger partial charge in [0, 0.05) is 17.7 Å². The first kappa shape index (κ1) is 15.2. The van der Waals surface area contributed by atoms with Crippen LogP contribution in [0.1, 0.15) is 63.9 Å². The Balaban J connectivity index is 2.09. The van der Waals surface area contributed by atoms with Crippen LogP contribution in [-0.2, 0) is 5.41 Å². The van der Waals surface area contributed by atoms with Crippen molar-refractivity contribution < 1.29 is 0 Å². The molecule has 0 radical (unpaired) electrons. The van der Waals surface area contributed by atoms with Gasteiger partial charge >= 0.3 is 0 Å². The maximum Gasteiger partial charge on any atom is 0.0344 e. The molecule has 1 aromatic carbocycles. The van der Waals surface area contributed by atoms with Gasteiger partial charge in [-0.2, -0.15) is 0 Å². The largest absolute Gasteiger partial charge is 0.388 e. The molecule has 20 heavy (non-hydrogen) atoms. The molecule has 1 nitrogen and oxygen atoms in total. The van der Waals surface area contributed by atoms with E-state index in [0.717, 1.165) is 6.54 Å². The predicted molar refractivity (Wildman–Crippen MR) is 87.9 cm³/mol. The zero-order chi connectivity index (χ0) is 14.3. The van der Waals surface area contributed by atoms with Crippen molar-refractivity contribution in [2.75, 3.05) is 6.54 Å². The third-order valence-electron chi connectivity index (χ3n) is 4.73. The molecule has 110 valence electrons. The number of hydrogen-bond acceptors (Lipinski definition) is 1. The third-order valence-corrected chi connectivity index (χ3v) is 4.73. The van der Waals surface area contributed by atoms with Crippen LogP contribution in [0.5, 0.6) is 0 Å². The third kappa shape index (κ3) is 3.45. The zero-order valence-electron chi connectivity index (χ0n) is 13.0. The van der Waals surface area contributed by atoms with E-state index < -0.39 is 0 Å². The van der Waals surface area contributed by atoms with E-state index >= 15 is 0 Å². The van der Waals surface area contributed by atoms with Crippen molar-refractivity contribution in [2.45, 2.75) is 63.7 Å². The van der Waals surface area contributed by atoms with Crippen LogP contribution in [0.4, 0.5) is 0 Å². The van der Waals surface area contributed by atoms with Crippen LogP contribution >= 0.6 is 0 Å². The van der Waals surface area contributed by atoms with E-state index in [1.807, 2.05) is 0 Å². The van der Waals surface area contributed by atoms with Crippen molar-refractivity contribution in [2.24, 2.45) is 0 Å². The Morgan fingerprint density at radius 2 is 1.80 bits per heavy atom. The van der Waals surface area contributed by atoms with E-state index in [2.05, 4.69) is 49.2 Å². The van der Waals surface area contributed by atoms with Gasteiger partial charge in [0.1, 0.15) is 0 Å². The minimum atomic E-state index is 0.172. The summed E-state index contributed by atoms with van der Waals surface area (Å²) in [5, 5.41) is 3.63. The van der Waals surface area contributed by atoms with Crippen LogP contribution in [0.25, 0.3) is 0 Å². The molecule has 0 heterocycles. The Morgan fingerprint density at radius 1 is 1.10 bits per heavy atom. The molecule has 2 rings (SSSR count). The summed E-state index contributed by atoms with van der Waals surface area (Å²) in [4.78, 5) is 0. The second-order valence-electron chi connectivity index (χ2n) is 6.12. The van der Waals surface area contributed by atoms with Crippen LogP contribution in [0.15, 0.2) is 42.6 Å². The number of nitrogens with one attached hydrogen (secondary N) is 1. The highest BCUT2D eigenvalue weighted by molar-refractivity contribution is 5.35. The van der Waals surface area contributed by atoms with E-state index in [4.69, 9.17) is 0 Å². The maximum absolute atomic E-state index is 4.41. The molecule has 0 spiro atoms. The number of benzene rings is 1. The molecule has 1 saturated carbocycles. The first-order chi connectivity index (χ1) is 9.79. The van der Waals surface area contributed by atoms with Crippen LogP contribution in [0.2, 0.25) is 0 Å². The van der Waals surface area contributed by atoms with E-state index in [1.165, 1.54) is 62.6 Å². The summed E-state index contributed by atoms with van der Waals surface area (Å²) < 4.78 is 0. The van der Waals surface area contributed by atoms with Crippen molar-refractivity contribution >= 4 is 0 Å². The Hall–Kier alpha value is -1.24. The number of hydrogen-bond donors (Lipinski definition) is 1. The lowest BCUT2D eigenvalue weighted by molar-refractivity contribution is 0.324. The van der Waals surface area contributed by atoms with Gasteiger partial charge in [-0.3, -0.25) is 0 Å². The minimum Gasteiger partial charge on any atom is -0.388 e. The van der Waals surface area contributed by atoms with Crippen molar-refractivity contribution in [3.8, 4) is 0 Å². The second-order valence-corrected chi connectivity index (χ2v) is 6.12. The number of rotatable bonds is 7. The van der Waals surface area contributed by atoms with Crippen LogP contribution < -0.4 is 5.32 Å². The smallest absolute Gasteiger partial charge is 0.0344 e. The standard InChI is InChI=1S/C19H29N/c1-3-4-11-16-20-17(2)19(14-9-6-10-15-19)18-12-7-5-8-13-18/h5,7-8,12-13,20H,2-4,6,9-11,14-16H2,1H3. The summed E-state index contributed by atoms with van der Waals surface area (Å²) in [6.07, 6.45) is 10.3. The van der Waals surface area contributed by atoms with Crippen molar-refractivity contribution in [3.05, 3.63) is 48.2 Å². The molecule has 0 aromatic heterocycles. The first-order valence-corrected chi connectivity index (χ1v) is 8.28. The van der Waals surface area contributed by atoms with Gasteiger partial charge in [-0.05, 0) is 24.8 Å². The molecule has 1 aliphatic rings. The van der Waals surface area contributed by atoms with Crippen molar-refractivity contribution in [1.82, 2.24) is 5.32 Å². The van der Waals surface area contributed by atoms with Crippen LogP contribution in [0.3, 0.4) is 0 Å². The van der Waals surface area contributed by atoms with E-state index in [9.17, 15) is 0 Å². The molecular weight excluding hydrogens is 242 g/mol. The summed E-state index contributed by atoms with van der Waals surface area (Å²) >= 11 is 0. The second kappa shape index (κ2) is 7.52. The molecule has 1 aromatic rings. The van der Waals surface area contributed by atoms with E-state index in [0.29, 0.717) is 0 Å². The van der Waals surface area contributed by atoms with Gasteiger partial charge in [0.15, 0.2) is 0 Å². The summed E-state index contributed by atoms with van der Waals surface area (Å²) in [5.74, 6) is 0. The summed E-state index contributed by atoms with van der Waals surface area (Å²) in [6.45, 7) is 7.74. The first-order valence-electron chi connectivity index (χ1n) is 8.28. The SMILES string of the molecule is C=C(NCCCCC)C1(c2ccccc2)CCCCC1. The molecule has 1 aliphatic carbocycles. The summed E-state index contributed by atoms with van der Waals surface area (Å²) in [5.41, 5.74) is 2.87. The molecule has 0 bridgehead atoms. The molecular formula is C19H29N. The lowest BCUT2D eigenvalue weighted by Crippen LogP contribution is -2.37. The Kier molecular flexibility index (Phi) is 5.70. The molecule has 1 N–H and O–H groups in total. The fourth-order valence-corrected chi connectivity index (χ4v) is 3.46. The van der Waals surface area contributed by atoms with Gasteiger partial charge in [-0.25, -0.2) is 0 Å². The topological polar surface area (TPSA) is 12.0 Å². The van der Waals surface area contributed by atoms with Gasteiger partial charge in [-0.1, -0.05) is 75.9 Å². The fourth-order valence-electron chi connectivity index (χ4n) is 3.46. The van der Waals surface area contributed by atoms with Crippen molar-refractivity contribution in [3.63, 3.8) is 0 Å². The van der Waals surface area contributed by atoms with Gasteiger partial charge < -0.3 is 5.32 Å². The highest BCUT2D eigenvalue weighted by Gasteiger charge is 2.36. The Bertz CT molecular complexity index is 401. The molecule has 1 heteroatoms. The van der Waals surface area contributed by atoms with E-state index in [-0.39, 0.29) is 5.41 Å². The fraction of sp³-hybridized carbons (Fsp3) is 0.579. The van der Waals surface area contributed by atoms with Crippen molar-refractivity contribution in [1.29, 1.82) is 0 Å². The molecule has 0 saturated heterocycles. The molecule has 0 atom stereocenters. The Labute approximate surface area is 124 Å². The average Bonchev–Trinajstić information content (AvgIpc) is 2.53. The molecule has 1 fully saturated rings.